The minimum atomic E-state index is -0.489. The number of aromatic nitrogens is 1. The first-order chi connectivity index (χ1) is 9.54. The maximum atomic E-state index is 11.8. The molecule has 0 aliphatic rings. The van der Waals surface area contributed by atoms with E-state index in [-0.39, 0.29) is 5.82 Å². The van der Waals surface area contributed by atoms with Crippen LogP contribution in [0, 0.1) is 0 Å². The first kappa shape index (κ1) is 14.6. The van der Waals surface area contributed by atoms with Crippen LogP contribution in [0.3, 0.4) is 0 Å². The van der Waals surface area contributed by atoms with Crippen LogP contribution in [0.2, 0.25) is 5.02 Å². The quantitative estimate of drug-likeness (QED) is 0.879. The molecule has 1 aromatic carbocycles. The van der Waals surface area contributed by atoms with E-state index in [9.17, 15) is 4.79 Å². The van der Waals surface area contributed by atoms with Crippen LogP contribution in [0.4, 0.5) is 10.8 Å². The normalized spacial score (nSPS) is 10.3. The van der Waals surface area contributed by atoms with E-state index in [1.807, 2.05) is 36.2 Å². The summed E-state index contributed by atoms with van der Waals surface area (Å²) in [5.74, 6) is -0.305. The highest BCUT2D eigenvalue weighted by molar-refractivity contribution is 7.11. The van der Waals surface area contributed by atoms with Gasteiger partial charge < -0.3 is 15.4 Å². The second kappa shape index (κ2) is 6.11. The molecule has 2 rings (SSSR count). The Hall–Kier alpha value is -1.79. The van der Waals surface area contributed by atoms with Crippen molar-refractivity contribution >= 4 is 39.9 Å². The van der Waals surface area contributed by atoms with Gasteiger partial charge in [-0.25, -0.2) is 4.79 Å². The summed E-state index contributed by atoms with van der Waals surface area (Å²) < 4.78 is 8.75. The third-order valence-corrected chi connectivity index (χ3v) is 4.15. The average molecular weight is 312 g/mol. The fourth-order valence-corrected chi connectivity index (χ4v) is 2.76. The molecule has 0 aliphatic heterocycles. The number of nitrogen functional groups attached to an aromatic ring is 1. The third-order valence-electron chi connectivity index (χ3n) is 2.80. The maximum absolute atomic E-state index is 11.8. The van der Waals surface area contributed by atoms with Crippen LogP contribution < -0.4 is 10.6 Å². The van der Waals surface area contributed by atoms with Crippen molar-refractivity contribution in [2.75, 3.05) is 24.8 Å². The van der Waals surface area contributed by atoms with Crippen molar-refractivity contribution in [1.29, 1.82) is 0 Å². The van der Waals surface area contributed by atoms with Crippen molar-refractivity contribution in [3.63, 3.8) is 0 Å². The first-order valence-corrected chi connectivity index (χ1v) is 6.97. The lowest BCUT2D eigenvalue weighted by Crippen LogP contribution is -2.18. The van der Waals surface area contributed by atoms with Gasteiger partial charge in [-0.1, -0.05) is 29.8 Å². The molecule has 0 saturated heterocycles. The van der Waals surface area contributed by atoms with Crippen molar-refractivity contribution in [3.05, 3.63) is 40.4 Å². The molecule has 2 N–H and O–H groups in total. The van der Waals surface area contributed by atoms with Crippen molar-refractivity contribution in [3.8, 4) is 0 Å². The minimum Gasteiger partial charge on any atom is -0.465 e. The molecule has 106 valence electrons. The highest BCUT2D eigenvalue weighted by Crippen LogP contribution is 2.32. The molecule has 1 heterocycles. The summed E-state index contributed by atoms with van der Waals surface area (Å²) in [6, 6.07) is 7.54. The molecule has 0 radical (unpaired) electrons. The summed E-state index contributed by atoms with van der Waals surface area (Å²) >= 11 is 7.30. The number of ether oxygens (including phenoxy) is 1. The summed E-state index contributed by atoms with van der Waals surface area (Å²) in [6.07, 6.45) is 0. The summed E-state index contributed by atoms with van der Waals surface area (Å²) in [7, 11) is 3.17. The number of esters is 1. The highest BCUT2D eigenvalue weighted by atomic mass is 35.5. The summed E-state index contributed by atoms with van der Waals surface area (Å²) in [6.45, 7) is 0.547. The smallest absolute Gasteiger partial charge is 0.344 e. The molecule has 7 heteroatoms. The zero-order valence-electron chi connectivity index (χ0n) is 11.1. The molecular weight excluding hydrogens is 298 g/mol. The average Bonchev–Trinajstić information content (AvgIpc) is 2.82. The Morgan fingerprint density at radius 1 is 1.50 bits per heavy atom. The van der Waals surface area contributed by atoms with Crippen molar-refractivity contribution < 1.29 is 9.53 Å². The van der Waals surface area contributed by atoms with E-state index in [0.717, 1.165) is 17.1 Å². The predicted molar refractivity (Wildman–Crippen MR) is 81.4 cm³/mol. The minimum absolute atomic E-state index is 0.183. The van der Waals surface area contributed by atoms with Gasteiger partial charge in [-0.05, 0) is 23.2 Å². The number of nitrogens with two attached hydrogens (primary N) is 1. The Morgan fingerprint density at radius 3 is 2.85 bits per heavy atom. The topological polar surface area (TPSA) is 68.5 Å². The zero-order valence-corrected chi connectivity index (χ0v) is 12.7. The van der Waals surface area contributed by atoms with E-state index in [1.165, 1.54) is 7.11 Å². The standard InChI is InChI=1S/C13H14ClN3O2S/c1-17(7-8-5-3-4-6-9(8)14)12-10(13(18)19-2)11(15)16-20-12/h3-6H,7H2,1-2H3,(H2,15,16). The second-order valence-electron chi connectivity index (χ2n) is 4.19. The SMILES string of the molecule is COC(=O)c1c(N)nsc1N(C)Cc1ccccc1Cl. The van der Waals surface area contributed by atoms with Crippen LogP contribution in [0.15, 0.2) is 24.3 Å². The van der Waals surface area contributed by atoms with Gasteiger partial charge in [0.1, 0.15) is 10.6 Å². The van der Waals surface area contributed by atoms with Crippen LogP contribution in [-0.4, -0.2) is 24.5 Å². The van der Waals surface area contributed by atoms with Gasteiger partial charge in [0.25, 0.3) is 0 Å². The fraction of sp³-hybridized carbons (Fsp3) is 0.231. The van der Waals surface area contributed by atoms with Crippen LogP contribution in [0.5, 0.6) is 0 Å². The summed E-state index contributed by atoms with van der Waals surface area (Å²) in [5, 5.41) is 1.34. The number of halogens is 1. The number of nitrogens with zero attached hydrogens (tertiary/aromatic N) is 2. The van der Waals surface area contributed by atoms with E-state index in [0.29, 0.717) is 22.1 Å². The monoisotopic (exact) mass is 311 g/mol. The molecule has 0 aliphatic carbocycles. The third kappa shape index (κ3) is 2.86. The highest BCUT2D eigenvalue weighted by Gasteiger charge is 2.22. The van der Waals surface area contributed by atoms with Crippen LogP contribution in [0.25, 0.3) is 0 Å². The van der Waals surface area contributed by atoms with Gasteiger partial charge in [0.2, 0.25) is 0 Å². The van der Waals surface area contributed by atoms with Crippen LogP contribution >= 0.6 is 23.1 Å². The lowest BCUT2D eigenvalue weighted by Gasteiger charge is -2.18. The summed E-state index contributed by atoms with van der Waals surface area (Å²) in [5.41, 5.74) is 6.98. The molecule has 0 amide bonds. The molecule has 1 aromatic heterocycles. The largest absolute Gasteiger partial charge is 0.465 e. The molecular formula is C13H14ClN3O2S. The Morgan fingerprint density at radius 2 is 2.20 bits per heavy atom. The molecule has 0 unspecified atom stereocenters. The second-order valence-corrected chi connectivity index (χ2v) is 5.35. The van der Waals surface area contributed by atoms with Crippen molar-refractivity contribution in [2.45, 2.75) is 6.54 Å². The van der Waals surface area contributed by atoms with E-state index in [1.54, 1.807) is 0 Å². The van der Waals surface area contributed by atoms with Gasteiger partial charge in [-0.2, -0.15) is 4.37 Å². The maximum Gasteiger partial charge on any atom is 0.344 e. The van der Waals surface area contributed by atoms with Gasteiger partial charge in [-0.3, -0.25) is 0 Å². The number of hydrogen-bond donors (Lipinski definition) is 1. The fourth-order valence-electron chi connectivity index (χ4n) is 1.80. The molecule has 0 spiro atoms. The van der Waals surface area contributed by atoms with E-state index < -0.39 is 5.97 Å². The van der Waals surface area contributed by atoms with Gasteiger partial charge in [0.05, 0.1) is 7.11 Å². The molecule has 5 nitrogen and oxygen atoms in total. The lowest BCUT2D eigenvalue weighted by atomic mass is 10.2. The van der Waals surface area contributed by atoms with Crippen molar-refractivity contribution in [2.24, 2.45) is 0 Å². The number of hydrogen-bond acceptors (Lipinski definition) is 6. The first-order valence-electron chi connectivity index (χ1n) is 5.82. The number of carbonyl (C=O) groups excluding carboxylic acids is 1. The Labute approximate surface area is 126 Å². The van der Waals surface area contributed by atoms with E-state index in [4.69, 9.17) is 22.1 Å². The molecule has 2 aromatic rings. The van der Waals surface area contributed by atoms with Gasteiger partial charge in [-0.15, -0.1) is 0 Å². The predicted octanol–water partition coefficient (Wildman–Crippen LogP) is 2.80. The van der Waals surface area contributed by atoms with Crippen molar-refractivity contribution in [1.82, 2.24) is 4.37 Å². The molecule has 0 saturated carbocycles. The van der Waals surface area contributed by atoms with E-state index in [2.05, 4.69) is 4.37 Å². The lowest BCUT2D eigenvalue weighted by molar-refractivity contribution is 0.0603. The van der Waals surface area contributed by atoms with Crippen LogP contribution in [-0.2, 0) is 11.3 Å². The molecule has 0 bridgehead atoms. The van der Waals surface area contributed by atoms with E-state index >= 15 is 0 Å². The Kier molecular flexibility index (Phi) is 4.46. The number of methoxy groups -OCH3 is 1. The Balaban J connectivity index is 2.28. The number of benzene rings is 1. The number of anilines is 2. The van der Waals surface area contributed by atoms with Gasteiger partial charge in [0.15, 0.2) is 5.82 Å². The summed E-state index contributed by atoms with van der Waals surface area (Å²) in [4.78, 5) is 13.6. The molecule has 0 atom stereocenters. The molecule has 20 heavy (non-hydrogen) atoms. The zero-order chi connectivity index (χ0) is 14.7. The van der Waals surface area contributed by atoms with Crippen LogP contribution in [0.1, 0.15) is 15.9 Å². The number of rotatable bonds is 4. The van der Waals surface area contributed by atoms with Gasteiger partial charge >= 0.3 is 5.97 Å². The van der Waals surface area contributed by atoms with Gasteiger partial charge in [0, 0.05) is 18.6 Å². The Bertz CT molecular complexity index is 630. The molecule has 0 fully saturated rings. The number of carbonyl (C=O) groups is 1.